The van der Waals surface area contributed by atoms with Crippen molar-refractivity contribution in [3.05, 3.63) is 56.9 Å². The van der Waals surface area contributed by atoms with E-state index in [1.807, 2.05) is 0 Å². The summed E-state index contributed by atoms with van der Waals surface area (Å²) in [4.78, 5) is 16.8. The second-order valence-corrected chi connectivity index (χ2v) is 7.48. The van der Waals surface area contributed by atoms with Gasteiger partial charge >= 0.3 is 12.1 Å². The first-order chi connectivity index (χ1) is 13.2. The molecule has 3 aromatic rings. The number of ether oxygens (including phenoxy) is 1. The zero-order valence-corrected chi connectivity index (χ0v) is 16.6. The number of carbonyl (C=O) groups is 1. The van der Waals surface area contributed by atoms with E-state index in [0.717, 1.165) is 21.3 Å². The molecular formula is C17H12Cl2F3N3O2S. The van der Waals surface area contributed by atoms with E-state index in [2.05, 4.69) is 14.8 Å². The molecule has 0 N–H and O–H groups in total. The van der Waals surface area contributed by atoms with Crippen molar-refractivity contribution in [2.75, 3.05) is 6.61 Å². The van der Waals surface area contributed by atoms with E-state index in [9.17, 15) is 18.0 Å². The van der Waals surface area contributed by atoms with Gasteiger partial charge in [0, 0.05) is 12.4 Å². The number of hydrogen-bond acceptors (Lipinski definition) is 5. The zero-order valence-electron chi connectivity index (χ0n) is 14.3. The van der Waals surface area contributed by atoms with Crippen LogP contribution in [0.5, 0.6) is 0 Å². The van der Waals surface area contributed by atoms with E-state index in [0.29, 0.717) is 15.1 Å². The molecule has 0 saturated carbocycles. The van der Waals surface area contributed by atoms with E-state index in [-0.39, 0.29) is 13.2 Å². The maximum Gasteiger partial charge on any atom is 0.436 e. The summed E-state index contributed by atoms with van der Waals surface area (Å²) in [7, 11) is 0. The molecule has 5 nitrogen and oxygen atoms in total. The fourth-order valence-corrected chi connectivity index (χ4v) is 3.58. The van der Waals surface area contributed by atoms with Crippen LogP contribution in [0.25, 0.3) is 10.4 Å². The van der Waals surface area contributed by atoms with Crippen molar-refractivity contribution < 1.29 is 22.7 Å². The molecule has 0 aliphatic heterocycles. The zero-order chi connectivity index (χ0) is 20.5. The first kappa shape index (κ1) is 20.6. The Morgan fingerprint density at radius 1 is 1.29 bits per heavy atom. The molecule has 2 heterocycles. The quantitative estimate of drug-likeness (QED) is 0.478. The maximum absolute atomic E-state index is 13.2. The highest BCUT2D eigenvalue weighted by molar-refractivity contribution is 7.15. The molecule has 2 aromatic heterocycles. The number of thiazole rings is 1. The van der Waals surface area contributed by atoms with Crippen molar-refractivity contribution in [1.82, 2.24) is 14.8 Å². The maximum atomic E-state index is 13.2. The Morgan fingerprint density at radius 2 is 2.04 bits per heavy atom. The van der Waals surface area contributed by atoms with E-state index < -0.39 is 23.4 Å². The highest BCUT2D eigenvalue weighted by Gasteiger charge is 2.39. The molecule has 148 valence electrons. The summed E-state index contributed by atoms with van der Waals surface area (Å²) in [5, 5.41) is 4.81. The number of benzene rings is 1. The van der Waals surface area contributed by atoms with Gasteiger partial charge in [0.25, 0.3) is 0 Å². The van der Waals surface area contributed by atoms with Gasteiger partial charge in [0.05, 0.1) is 28.1 Å². The van der Waals surface area contributed by atoms with Gasteiger partial charge in [0.2, 0.25) is 0 Å². The van der Waals surface area contributed by atoms with Crippen LogP contribution in [0.4, 0.5) is 13.2 Å². The smallest absolute Gasteiger partial charge is 0.436 e. The fourth-order valence-electron chi connectivity index (χ4n) is 2.37. The molecule has 0 bridgehead atoms. The van der Waals surface area contributed by atoms with Crippen LogP contribution < -0.4 is 0 Å². The van der Waals surface area contributed by atoms with Crippen LogP contribution in [0.2, 0.25) is 10.0 Å². The molecule has 11 heteroatoms. The fraction of sp³-hybridized carbons (Fsp3) is 0.235. The second kappa shape index (κ2) is 8.10. The molecule has 0 spiro atoms. The molecule has 0 fully saturated rings. The number of halogens is 5. The number of hydrogen-bond donors (Lipinski definition) is 0. The topological polar surface area (TPSA) is 57.0 Å². The highest BCUT2D eigenvalue weighted by atomic mass is 35.5. The molecule has 28 heavy (non-hydrogen) atoms. The molecule has 3 rings (SSSR count). The second-order valence-electron chi connectivity index (χ2n) is 5.55. The summed E-state index contributed by atoms with van der Waals surface area (Å²) in [5.74, 6) is -1.07. The Kier molecular flexibility index (Phi) is 5.97. The van der Waals surface area contributed by atoms with E-state index >= 15 is 0 Å². The lowest BCUT2D eigenvalue weighted by Crippen LogP contribution is -2.14. The Morgan fingerprint density at radius 3 is 2.68 bits per heavy atom. The standard InChI is InChI=1S/C17H12Cl2F3N3O2S/c1-2-27-16(26)10-7-25(24-15(10)17(20,21)22)8-14-23-6-13(28-14)9-3-4-11(18)12(19)5-9/h3-7H,2,8H2,1H3. The van der Waals surface area contributed by atoms with Crippen molar-refractivity contribution in [2.24, 2.45) is 0 Å². The van der Waals surface area contributed by atoms with Crippen molar-refractivity contribution in [2.45, 2.75) is 19.6 Å². The summed E-state index contributed by atoms with van der Waals surface area (Å²) in [6, 6.07) is 5.09. The van der Waals surface area contributed by atoms with Crippen molar-refractivity contribution >= 4 is 40.5 Å². The lowest BCUT2D eigenvalue weighted by atomic mass is 10.2. The van der Waals surface area contributed by atoms with Gasteiger partial charge in [-0.3, -0.25) is 4.68 Å². The predicted octanol–water partition coefficient (Wildman–Crippen LogP) is 5.56. The van der Waals surface area contributed by atoms with Gasteiger partial charge in [0.15, 0.2) is 5.69 Å². The van der Waals surface area contributed by atoms with Crippen LogP contribution >= 0.6 is 34.5 Å². The summed E-state index contributed by atoms with van der Waals surface area (Å²) in [5.41, 5.74) is -1.13. The summed E-state index contributed by atoms with van der Waals surface area (Å²) < 4.78 is 45.2. The first-order valence-corrected chi connectivity index (χ1v) is 9.48. The average Bonchev–Trinajstić information content (AvgIpc) is 3.25. The van der Waals surface area contributed by atoms with Crippen molar-refractivity contribution in [3.8, 4) is 10.4 Å². The number of aromatic nitrogens is 3. The lowest BCUT2D eigenvalue weighted by molar-refractivity contribution is -0.142. The minimum absolute atomic E-state index is 0.0333. The van der Waals surface area contributed by atoms with E-state index in [4.69, 9.17) is 23.2 Å². The monoisotopic (exact) mass is 449 g/mol. The normalized spacial score (nSPS) is 11.6. The van der Waals surface area contributed by atoms with Gasteiger partial charge in [0.1, 0.15) is 10.6 Å². The Labute approximate surface area is 171 Å². The van der Waals surface area contributed by atoms with Crippen LogP contribution in [-0.2, 0) is 17.5 Å². The number of carbonyl (C=O) groups excluding carboxylic acids is 1. The van der Waals surface area contributed by atoms with Gasteiger partial charge in [-0.25, -0.2) is 9.78 Å². The summed E-state index contributed by atoms with van der Waals surface area (Å²) in [6.07, 6.45) is -2.18. The Hall–Kier alpha value is -2.10. The first-order valence-electron chi connectivity index (χ1n) is 7.91. The summed E-state index contributed by atoms with van der Waals surface area (Å²) in [6.45, 7) is 1.44. The Balaban J connectivity index is 1.87. The predicted molar refractivity (Wildman–Crippen MR) is 99.9 cm³/mol. The number of nitrogens with zero attached hydrogens (tertiary/aromatic N) is 3. The number of esters is 1. The van der Waals surface area contributed by atoms with Crippen LogP contribution in [0, 0.1) is 0 Å². The minimum Gasteiger partial charge on any atom is -0.462 e. The van der Waals surface area contributed by atoms with Crippen molar-refractivity contribution in [3.63, 3.8) is 0 Å². The molecule has 0 radical (unpaired) electrons. The van der Waals surface area contributed by atoms with Gasteiger partial charge in [-0.05, 0) is 24.6 Å². The van der Waals surface area contributed by atoms with Gasteiger partial charge in [-0.1, -0.05) is 29.3 Å². The molecule has 0 saturated heterocycles. The van der Waals surface area contributed by atoms with Crippen LogP contribution in [-0.4, -0.2) is 27.3 Å². The molecule has 0 aliphatic rings. The molecule has 0 unspecified atom stereocenters. The van der Waals surface area contributed by atoms with Crippen LogP contribution in [0.3, 0.4) is 0 Å². The number of rotatable bonds is 5. The third-order valence-electron chi connectivity index (χ3n) is 3.58. The van der Waals surface area contributed by atoms with Crippen molar-refractivity contribution in [1.29, 1.82) is 0 Å². The van der Waals surface area contributed by atoms with Crippen LogP contribution in [0.1, 0.15) is 28.0 Å². The molecular weight excluding hydrogens is 438 g/mol. The third kappa shape index (κ3) is 4.48. The molecule has 0 amide bonds. The number of alkyl halides is 3. The summed E-state index contributed by atoms with van der Waals surface area (Å²) >= 11 is 13.2. The molecule has 1 aromatic carbocycles. The minimum atomic E-state index is -4.78. The molecule has 0 aliphatic carbocycles. The lowest BCUT2D eigenvalue weighted by Gasteiger charge is -2.05. The van der Waals surface area contributed by atoms with E-state index in [1.165, 1.54) is 18.3 Å². The SMILES string of the molecule is CCOC(=O)c1cn(Cc2ncc(-c3ccc(Cl)c(Cl)c3)s2)nc1C(F)(F)F. The average molecular weight is 450 g/mol. The van der Waals surface area contributed by atoms with Gasteiger partial charge in [-0.2, -0.15) is 18.3 Å². The highest BCUT2D eigenvalue weighted by Crippen LogP contribution is 2.33. The molecule has 0 atom stereocenters. The van der Waals surface area contributed by atoms with E-state index in [1.54, 1.807) is 24.4 Å². The van der Waals surface area contributed by atoms with Gasteiger partial charge in [-0.15, -0.1) is 11.3 Å². The largest absolute Gasteiger partial charge is 0.462 e. The van der Waals surface area contributed by atoms with Gasteiger partial charge < -0.3 is 4.74 Å². The third-order valence-corrected chi connectivity index (χ3v) is 5.35. The van der Waals surface area contributed by atoms with Crippen LogP contribution in [0.15, 0.2) is 30.6 Å². The Bertz CT molecular complexity index is 1020.